The molecule has 0 aliphatic heterocycles. The number of nitriles is 1. The highest BCUT2D eigenvalue weighted by molar-refractivity contribution is 7.92. The average Bonchev–Trinajstić information content (AvgIpc) is 3.18. The number of fused-ring (bicyclic) bond motifs is 1. The molecule has 2 heterocycles. The molecule has 0 radical (unpaired) electrons. The minimum Gasteiger partial charge on any atom is -0.358 e. The molecule has 4 rings (SSSR count). The van der Waals surface area contributed by atoms with Crippen molar-refractivity contribution in [2.45, 2.75) is 30.8 Å². The fourth-order valence-corrected chi connectivity index (χ4v) is 4.39. The molecule has 1 aliphatic rings. The van der Waals surface area contributed by atoms with Crippen LogP contribution in [0.3, 0.4) is 0 Å². The van der Waals surface area contributed by atoms with Gasteiger partial charge in [0.15, 0.2) is 0 Å². The highest BCUT2D eigenvalue weighted by Crippen LogP contribution is 2.44. The molecular weight excluding hydrogens is 364 g/mol. The van der Waals surface area contributed by atoms with Gasteiger partial charge in [-0.15, -0.1) is 0 Å². The van der Waals surface area contributed by atoms with Crippen molar-refractivity contribution in [3.8, 4) is 6.07 Å². The molecule has 1 aromatic carbocycles. The van der Waals surface area contributed by atoms with Crippen LogP contribution in [0.4, 0.5) is 5.69 Å². The molecule has 1 aliphatic carbocycles. The second-order valence-electron chi connectivity index (χ2n) is 6.04. The Balaban J connectivity index is 1.77. The highest BCUT2D eigenvalue weighted by Gasteiger charge is 2.35. The molecule has 2 N–H and O–H groups in total. The molecule has 7 nitrogen and oxygen atoms in total. The Hall–Kier alpha value is -2.50. The Bertz CT molecular complexity index is 1140. The molecule has 0 amide bonds. The van der Waals surface area contributed by atoms with E-state index in [9.17, 15) is 13.7 Å². The maximum Gasteiger partial charge on any atom is 0.299 e. The number of aryl methyl sites for hydroxylation is 1. The Kier molecular flexibility index (Phi) is 3.52. The lowest BCUT2D eigenvalue weighted by atomic mass is 10.1. The number of nitrogens with one attached hydrogen (secondary N) is 2. The predicted octanol–water partition coefficient (Wildman–Crippen LogP) is 3.67. The van der Waals surface area contributed by atoms with E-state index in [1.165, 1.54) is 0 Å². The maximum absolute atomic E-state index is 12.7. The molecule has 9 heteroatoms. The first-order valence-corrected chi connectivity index (χ1v) is 9.47. The summed E-state index contributed by atoms with van der Waals surface area (Å²) in [5.74, 6) is 0.174. The fourth-order valence-electron chi connectivity index (χ4n) is 2.84. The lowest BCUT2D eigenvalue weighted by Gasteiger charge is -2.08. The minimum absolute atomic E-state index is 0.0301. The number of hydrogen-bond acceptors (Lipinski definition) is 5. The molecule has 25 heavy (non-hydrogen) atoms. The minimum atomic E-state index is -4.04. The molecule has 1 saturated carbocycles. The number of rotatable bonds is 4. The van der Waals surface area contributed by atoms with E-state index in [0.717, 1.165) is 18.4 Å². The topological polar surface area (TPSA) is 112 Å². The first kappa shape index (κ1) is 16.0. The summed E-state index contributed by atoms with van der Waals surface area (Å²) < 4.78 is 32.8. The van der Waals surface area contributed by atoms with E-state index in [1.54, 1.807) is 18.3 Å². The summed E-state index contributed by atoms with van der Waals surface area (Å²) in [5.41, 5.74) is 2.63. The summed E-state index contributed by atoms with van der Waals surface area (Å²) in [6, 6.07) is 5.45. The number of H-pyrrole nitrogens is 1. The lowest BCUT2D eigenvalue weighted by molar-refractivity contribution is 0.335. The number of halogens is 1. The van der Waals surface area contributed by atoms with Crippen LogP contribution in [-0.2, 0) is 10.0 Å². The summed E-state index contributed by atoms with van der Waals surface area (Å²) in [6.07, 6.45) is 3.40. The normalized spacial score (nSPS) is 14.6. The van der Waals surface area contributed by atoms with Crippen LogP contribution in [-0.4, -0.2) is 18.6 Å². The second-order valence-corrected chi connectivity index (χ2v) is 8.00. The molecule has 1 fully saturated rings. The largest absolute Gasteiger partial charge is 0.358 e. The Morgan fingerprint density at radius 3 is 2.88 bits per heavy atom. The van der Waals surface area contributed by atoms with Crippen molar-refractivity contribution in [3.63, 3.8) is 0 Å². The van der Waals surface area contributed by atoms with Gasteiger partial charge in [-0.25, -0.2) is 0 Å². The molecule has 0 atom stereocenters. The van der Waals surface area contributed by atoms with Gasteiger partial charge >= 0.3 is 0 Å². The number of sulfonamides is 1. The van der Waals surface area contributed by atoms with Gasteiger partial charge in [-0.1, -0.05) is 22.8 Å². The third-order valence-corrected chi connectivity index (χ3v) is 5.98. The molecule has 0 spiro atoms. The molecule has 0 bridgehead atoms. The highest BCUT2D eigenvalue weighted by atomic mass is 35.5. The van der Waals surface area contributed by atoms with Crippen LogP contribution in [0.15, 0.2) is 27.9 Å². The summed E-state index contributed by atoms with van der Waals surface area (Å²) >= 11 is 6.15. The molecule has 3 aromatic rings. The molecular formula is C16H13ClN4O3S. The van der Waals surface area contributed by atoms with Crippen LogP contribution in [0.2, 0.25) is 5.02 Å². The molecule has 0 unspecified atom stereocenters. The number of nitrogens with zero attached hydrogens (tertiary/aromatic N) is 2. The van der Waals surface area contributed by atoms with E-state index in [1.807, 2.05) is 6.92 Å². The molecule has 128 valence electrons. The monoisotopic (exact) mass is 376 g/mol. The van der Waals surface area contributed by atoms with E-state index in [0.29, 0.717) is 27.8 Å². The zero-order chi connectivity index (χ0) is 17.8. The van der Waals surface area contributed by atoms with Gasteiger partial charge in [0, 0.05) is 17.5 Å². The van der Waals surface area contributed by atoms with E-state index in [4.69, 9.17) is 16.1 Å². The van der Waals surface area contributed by atoms with Gasteiger partial charge in [0.05, 0.1) is 16.8 Å². The maximum atomic E-state index is 12.7. The average molecular weight is 377 g/mol. The van der Waals surface area contributed by atoms with Gasteiger partial charge in [0.2, 0.25) is 0 Å². The predicted molar refractivity (Wildman–Crippen MR) is 92.0 cm³/mol. The Morgan fingerprint density at radius 2 is 2.20 bits per heavy atom. The smallest absolute Gasteiger partial charge is 0.299 e. The van der Waals surface area contributed by atoms with Gasteiger partial charge in [-0.3, -0.25) is 4.72 Å². The number of anilines is 1. The van der Waals surface area contributed by atoms with Crippen molar-refractivity contribution in [2.75, 3.05) is 4.72 Å². The van der Waals surface area contributed by atoms with E-state index >= 15 is 0 Å². The third-order valence-electron chi connectivity index (χ3n) is 4.25. The lowest BCUT2D eigenvalue weighted by Crippen LogP contribution is -2.13. The molecule has 0 saturated heterocycles. The second kappa shape index (κ2) is 5.51. The zero-order valence-corrected chi connectivity index (χ0v) is 14.7. The van der Waals surface area contributed by atoms with Crippen molar-refractivity contribution < 1.29 is 12.9 Å². The quantitative estimate of drug-likeness (QED) is 0.721. The standard InChI is InChI=1S/C16H13ClN4O3S/c1-8-2-5-11(15-12(8)10(6-18)7-19-15)21-25(22,23)16-13(17)14(20-24-16)9-3-4-9/h2,5,7,9,19,21H,3-4H2,1H3. The van der Waals surface area contributed by atoms with Crippen molar-refractivity contribution in [1.82, 2.24) is 10.1 Å². The van der Waals surface area contributed by atoms with Crippen LogP contribution in [0.5, 0.6) is 0 Å². The zero-order valence-electron chi connectivity index (χ0n) is 13.1. The Labute approximate surface area is 148 Å². The number of aromatic nitrogens is 2. The summed E-state index contributed by atoms with van der Waals surface area (Å²) in [5, 5.41) is 13.3. The van der Waals surface area contributed by atoms with Gasteiger partial charge in [-0.05, 0) is 31.4 Å². The van der Waals surface area contributed by atoms with Crippen LogP contribution < -0.4 is 4.72 Å². The van der Waals surface area contributed by atoms with Crippen molar-refractivity contribution in [3.05, 3.63) is 40.2 Å². The number of aromatic amines is 1. The third kappa shape index (κ3) is 2.56. The van der Waals surface area contributed by atoms with Gasteiger partial charge in [0.1, 0.15) is 16.8 Å². The van der Waals surface area contributed by atoms with Gasteiger partial charge in [0.25, 0.3) is 15.1 Å². The van der Waals surface area contributed by atoms with E-state index < -0.39 is 15.1 Å². The SMILES string of the molecule is Cc1ccc(NS(=O)(=O)c2onc(C3CC3)c2Cl)c2[nH]cc(C#N)c12. The van der Waals surface area contributed by atoms with Crippen molar-refractivity contribution in [2.24, 2.45) is 0 Å². The van der Waals surface area contributed by atoms with Crippen molar-refractivity contribution >= 4 is 38.2 Å². The van der Waals surface area contributed by atoms with Gasteiger partial charge < -0.3 is 9.51 Å². The van der Waals surface area contributed by atoms with Gasteiger partial charge in [-0.2, -0.15) is 13.7 Å². The Morgan fingerprint density at radius 1 is 1.44 bits per heavy atom. The van der Waals surface area contributed by atoms with Crippen LogP contribution in [0, 0.1) is 18.3 Å². The summed E-state index contributed by atoms with van der Waals surface area (Å²) in [7, 11) is -4.04. The van der Waals surface area contributed by atoms with E-state index in [-0.39, 0.29) is 10.9 Å². The van der Waals surface area contributed by atoms with Crippen LogP contribution in [0.25, 0.3) is 10.9 Å². The number of hydrogen-bond donors (Lipinski definition) is 2. The number of benzene rings is 1. The summed E-state index contributed by atoms with van der Waals surface area (Å²) in [4.78, 5) is 2.94. The van der Waals surface area contributed by atoms with E-state index in [2.05, 4.69) is 20.9 Å². The first-order valence-electron chi connectivity index (χ1n) is 7.61. The summed E-state index contributed by atoms with van der Waals surface area (Å²) in [6.45, 7) is 1.85. The van der Waals surface area contributed by atoms with Crippen LogP contribution in [0.1, 0.15) is 35.6 Å². The van der Waals surface area contributed by atoms with Crippen LogP contribution >= 0.6 is 11.6 Å². The van der Waals surface area contributed by atoms with Crippen molar-refractivity contribution in [1.29, 1.82) is 5.26 Å². The fraction of sp³-hybridized carbons (Fsp3) is 0.250. The first-order chi connectivity index (χ1) is 11.9. The molecule has 2 aromatic heterocycles.